The molecule has 0 fully saturated rings. The third-order valence-electron chi connectivity index (χ3n) is 7.46. The molecule has 3 heterocycles. The van der Waals surface area contributed by atoms with Gasteiger partial charge >= 0.3 is 0 Å². The Morgan fingerprint density at radius 2 is 1.72 bits per heavy atom. The topological polar surface area (TPSA) is 64.6 Å². The van der Waals surface area contributed by atoms with E-state index in [4.69, 9.17) is 9.41 Å². The van der Waals surface area contributed by atoms with Crippen LogP contribution in [0, 0.1) is 0 Å². The quantitative estimate of drug-likeness (QED) is 0.278. The van der Waals surface area contributed by atoms with Gasteiger partial charge in [-0.25, -0.2) is 4.99 Å². The van der Waals surface area contributed by atoms with Crippen molar-refractivity contribution in [2.24, 2.45) is 4.99 Å². The minimum absolute atomic E-state index is 0.0241. The van der Waals surface area contributed by atoms with Crippen molar-refractivity contribution in [3.63, 3.8) is 0 Å². The van der Waals surface area contributed by atoms with Gasteiger partial charge in [0.05, 0.1) is 16.3 Å². The minimum atomic E-state index is -0.195. The predicted octanol–water partition coefficient (Wildman–Crippen LogP) is 5.78. The lowest BCUT2D eigenvalue weighted by molar-refractivity contribution is 0.101. The van der Waals surface area contributed by atoms with E-state index in [-0.39, 0.29) is 17.4 Å². The van der Waals surface area contributed by atoms with Crippen LogP contribution in [-0.4, -0.2) is 10.4 Å². The Balaban J connectivity index is 1.35. The van der Waals surface area contributed by atoms with E-state index in [0.29, 0.717) is 26.4 Å². The van der Waals surface area contributed by atoms with Gasteiger partial charge in [0.25, 0.3) is 5.56 Å². The Labute approximate surface area is 228 Å². The zero-order valence-electron chi connectivity index (χ0n) is 21.3. The molecule has 5 aromatic rings. The third kappa shape index (κ3) is 4.04. The smallest absolute Gasteiger partial charge is 0.271 e. The SMILES string of the molecule is CC(=O)c1ccc(-c2ccc(/C=c3/sc4n(c3=O)[C@@H](c3ccccc3)C3=C(N=4)c4ccccc4CC3)o2)cc1. The van der Waals surface area contributed by atoms with Crippen molar-refractivity contribution in [2.45, 2.75) is 25.8 Å². The Bertz CT molecular complexity index is 1960. The molecular weight excluding hydrogens is 504 g/mol. The summed E-state index contributed by atoms with van der Waals surface area (Å²) >= 11 is 1.39. The third-order valence-corrected chi connectivity index (χ3v) is 8.45. The number of thiazole rings is 1. The summed E-state index contributed by atoms with van der Waals surface area (Å²) in [5.41, 5.74) is 7.18. The number of ketones is 1. The van der Waals surface area contributed by atoms with Crippen LogP contribution >= 0.6 is 11.3 Å². The number of Topliss-reactive ketones (excluding diaryl/α,β-unsaturated/α-hetero) is 1. The second-order valence-corrected chi connectivity index (χ2v) is 10.9. The molecule has 7 rings (SSSR count). The summed E-state index contributed by atoms with van der Waals surface area (Å²) in [5.74, 6) is 1.30. The lowest BCUT2D eigenvalue weighted by atomic mass is 9.83. The van der Waals surface area contributed by atoms with Crippen molar-refractivity contribution < 1.29 is 9.21 Å². The van der Waals surface area contributed by atoms with Gasteiger partial charge in [-0.15, -0.1) is 0 Å². The Kier molecular flexibility index (Phi) is 5.63. The first-order valence-electron chi connectivity index (χ1n) is 13.0. The highest BCUT2D eigenvalue weighted by molar-refractivity contribution is 7.07. The second-order valence-electron chi connectivity index (χ2n) is 9.86. The number of benzene rings is 3. The fourth-order valence-electron chi connectivity index (χ4n) is 5.54. The molecule has 2 aromatic heterocycles. The average Bonchev–Trinajstić information content (AvgIpc) is 3.56. The maximum Gasteiger partial charge on any atom is 0.271 e. The van der Waals surface area contributed by atoms with Crippen LogP contribution in [0.25, 0.3) is 23.1 Å². The Hall–Kier alpha value is -4.55. The van der Waals surface area contributed by atoms with Crippen molar-refractivity contribution in [2.75, 3.05) is 0 Å². The van der Waals surface area contributed by atoms with Gasteiger partial charge in [-0.3, -0.25) is 14.2 Å². The van der Waals surface area contributed by atoms with Crippen LogP contribution in [0.4, 0.5) is 0 Å². The number of aryl methyl sites for hydroxylation is 1. The average molecular weight is 529 g/mol. The maximum absolute atomic E-state index is 13.9. The van der Waals surface area contributed by atoms with E-state index in [9.17, 15) is 9.59 Å². The van der Waals surface area contributed by atoms with E-state index >= 15 is 0 Å². The highest BCUT2D eigenvalue weighted by Gasteiger charge is 2.32. The van der Waals surface area contributed by atoms with Crippen molar-refractivity contribution in [1.29, 1.82) is 0 Å². The summed E-state index contributed by atoms with van der Waals surface area (Å²) in [6.07, 6.45) is 3.60. The summed E-state index contributed by atoms with van der Waals surface area (Å²) in [6.45, 7) is 1.55. The zero-order valence-corrected chi connectivity index (χ0v) is 22.1. The highest BCUT2D eigenvalue weighted by Crippen LogP contribution is 2.41. The molecule has 0 saturated heterocycles. The molecule has 1 atom stereocenters. The van der Waals surface area contributed by atoms with Crippen LogP contribution in [0.3, 0.4) is 0 Å². The molecule has 0 spiro atoms. The number of carbonyl (C=O) groups is 1. The molecule has 0 bridgehead atoms. The molecule has 0 amide bonds. The molecule has 39 heavy (non-hydrogen) atoms. The number of allylic oxidation sites excluding steroid dienone is 1. The molecular formula is C33H24N2O3S. The van der Waals surface area contributed by atoms with Gasteiger partial charge in [-0.1, -0.05) is 90.2 Å². The highest BCUT2D eigenvalue weighted by atomic mass is 32.1. The van der Waals surface area contributed by atoms with E-state index in [1.165, 1.54) is 22.5 Å². The molecule has 1 aliphatic heterocycles. The largest absolute Gasteiger partial charge is 0.457 e. The number of aromatic nitrogens is 1. The number of rotatable bonds is 4. The van der Waals surface area contributed by atoms with Crippen LogP contribution in [0.2, 0.25) is 0 Å². The monoisotopic (exact) mass is 528 g/mol. The number of furan rings is 1. The molecule has 2 aliphatic rings. The van der Waals surface area contributed by atoms with Crippen molar-refractivity contribution in [1.82, 2.24) is 4.57 Å². The first-order chi connectivity index (χ1) is 19.1. The minimum Gasteiger partial charge on any atom is -0.457 e. The maximum atomic E-state index is 13.9. The van der Waals surface area contributed by atoms with Crippen LogP contribution in [-0.2, 0) is 6.42 Å². The number of carbonyl (C=O) groups excluding carboxylic acids is 1. The molecule has 0 saturated carbocycles. The summed E-state index contributed by atoms with van der Waals surface area (Å²) in [5, 5.41) is 0. The van der Waals surface area contributed by atoms with Gasteiger partial charge < -0.3 is 4.42 Å². The van der Waals surface area contributed by atoms with Crippen LogP contribution in [0.15, 0.2) is 111 Å². The number of nitrogens with zero attached hydrogens (tertiary/aromatic N) is 2. The molecule has 1 aliphatic carbocycles. The van der Waals surface area contributed by atoms with E-state index in [2.05, 4.69) is 36.4 Å². The van der Waals surface area contributed by atoms with Crippen molar-refractivity contribution in [3.8, 4) is 11.3 Å². The van der Waals surface area contributed by atoms with E-state index < -0.39 is 0 Å². The number of hydrogen-bond acceptors (Lipinski definition) is 5. The standard InChI is InChI=1S/C33H24N2O3S/c1-20(36)21-11-13-23(14-12-21)28-18-16-25(38-28)19-29-32(37)35-31(24-8-3-2-4-9-24)27-17-15-22-7-5-6-10-26(22)30(27)34-33(35)39-29/h2-14,16,18-19,31H,15,17H2,1H3/b29-19+/t31-/m0/s1. The second kappa shape index (κ2) is 9.33. The Morgan fingerprint density at radius 3 is 2.51 bits per heavy atom. The first kappa shape index (κ1) is 23.6. The molecule has 190 valence electrons. The van der Waals surface area contributed by atoms with Gasteiger partial charge in [0, 0.05) is 22.8 Å². The molecule has 5 nitrogen and oxygen atoms in total. The normalized spacial score (nSPS) is 16.3. The summed E-state index contributed by atoms with van der Waals surface area (Å²) in [4.78, 5) is 31.3. The van der Waals surface area contributed by atoms with E-state index in [1.54, 1.807) is 25.1 Å². The van der Waals surface area contributed by atoms with Gasteiger partial charge in [0.15, 0.2) is 10.6 Å². The molecule has 6 heteroatoms. The first-order valence-corrected chi connectivity index (χ1v) is 13.8. The van der Waals surface area contributed by atoms with Gasteiger partial charge in [-0.05, 0) is 48.6 Å². The number of hydrogen-bond donors (Lipinski definition) is 0. The summed E-state index contributed by atoms with van der Waals surface area (Å²) in [7, 11) is 0. The lowest BCUT2D eigenvalue weighted by Crippen LogP contribution is -2.38. The van der Waals surface area contributed by atoms with Gasteiger partial charge in [0.2, 0.25) is 0 Å². The van der Waals surface area contributed by atoms with Crippen LogP contribution < -0.4 is 14.9 Å². The zero-order chi connectivity index (χ0) is 26.5. The molecule has 0 unspecified atom stereocenters. The van der Waals surface area contributed by atoms with Gasteiger partial charge in [-0.2, -0.15) is 0 Å². The van der Waals surface area contributed by atoms with Crippen LogP contribution in [0.1, 0.15) is 52.2 Å². The van der Waals surface area contributed by atoms with Gasteiger partial charge in [0.1, 0.15) is 11.5 Å². The number of fused-ring (bicyclic) bond motifs is 3. The van der Waals surface area contributed by atoms with Crippen molar-refractivity contribution >= 4 is 28.9 Å². The van der Waals surface area contributed by atoms with E-state index in [1.807, 2.05) is 47.0 Å². The Morgan fingerprint density at radius 1 is 0.949 bits per heavy atom. The summed E-state index contributed by atoms with van der Waals surface area (Å²) in [6, 6.07) is 29.5. The van der Waals surface area contributed by atoms with E-state index in [0.717, 1.165) is 35.2 Å². The molecule has 3 aromatic carbocycles. The molecule has 0 N–H and O–H groups in total. The fraction of sp³-hybridized carbons (Fsp3) is 0.121. The molecule has 0 radical (unpaired) electrons. The fourth-order valence-corrected chi connectivity index (χ4v) is 6.52. The predicted molar refractivity (Wildman–Crippen MR) is 153 cm³/mol. The van der Waals surface area contributed by atoms with Crippen LogP contribution in [0.5, 0.6) is 0 Å². The lowest BCUT2D eigenvalue weighted by Gasteiger charge is -2.30. The van der Waals surface area contributed by atoms with Crippen molar-refractivity contribution in [3.05, 3.63) is 144 Å². The summed E-state index contributed by atoms with van der Waals surface area (Å²) < 4.78 is 8.52.